The molecule has 1 heterocycles. The Kier molecular flexibility index (Phi) is 6.32. The summed E-state index contributed by atoms with van der Waals surface area (Å²) in [5, 5.41) is 0. The number of halogens is 1. The largest absolute Gasteiger partial charge is 0.328 e. The van der Waals surface area contributed by atoms with Gasteiger partial charge in [0.1, 0.15) is 5.69 Å². The van der Waals surface area contributed by atoms with E-state index in [1.54, 1.807) is 0 Å². The van der Waals surface area contributed by atoms with Gasteiger partial charge >= 0.3 is 0 Å². The van der Waals surface area contributed by atoms with Crippen molar-refractivity contribution < 1.29 is 4.79 Å². The maximum atomic E-state index is 12.5. The topological polar surface area (TPSA) is 34.9 Å². The van der Waals surface area contributed by atoms with E-state index in [4.69, 9.17) is 0 Å². The van der Waals surface area contributed by atoms with Gasteiger partial charge in [-0.2, -0.15) is 0 Å². The van der Waals surface area contributed by atoms with Crippen molar-refractivity contribution in [2.24, 2.45) is 0 Å². The van der Waals surface area contributed by atoms with Crippen LogP contribution in [-0.4, -0.2) is 19.3 Å². The first kappa shape index (κ1) is 15.7. The van der Waals surface area contributed by atoms with Crippen LogP contribution in [0.5, 0.6) is 0 Å². The van der Waals surface area contributed by atoms with Gasteiger partial charge in [0.2, 0.25) is 0 Å². The van der Waals surface area contributed by atoms with Crippen molar-refractivity contribution in [3.63, 3.8) is 0 Å². The quantitative estimate of drug-likeness (QED) is 0.414. The molecule has 0 radical (unpaired) electrons. The van der Waals surface area contributed by atoms with Gasteiger partial charge in [-0.1, -0.05) is 50.3 Å². The number of carbonyl (C=O) groups is 1. The Morgan fingerprint density at radius 2 is 2.06 bits per heavy atom. The van der Waals surface area contributed by atoms with Crippen LogP contribution in [0.1, 0.15) is 69.1 Å². The first-order chi connectivity index (χ1) is 8.56. The van der Waals surface area contributed by atoms with Gasteiger partial charge in [0.15, 0.2) is 5.78 Å². The zero-order valence-electron chi connectivity index (χ0n) is 11.7. The lowest BCUT2D eigenvalue weighted by atomic mass is 10.00. The molecule has 2 atom stereocenters. The molecule has 0 aromatic carbocycles. The molecule has 102 valence electrons. The van der Waals surface area contributed by atoms with Crippen LogP contribution in [0.25, 0.3) is 0 Å². The summed E-state index contributed by atoms with van der Waals surface area (Å²) >= 11 is 2.24. The summed E-state index contributed by atoms with van der Waals surface area (Å²) in [6.45, 7) is 9.33. The predicted molar refractivity (Wildman–Crippen MR) is 83.7 cm³/mol. The third-order valence-corrected chi connectivity index (χ3v) is 4.73. The molecule has 3 nitrogen and oxygen atoms in total. The summed E-state index contributed by atoms with van der Waals surface area (Å²) in [4.78, 5) is 17.0. The molecule has 0 saturated heterocycles. The van der Waals surface area contributed by atoms with E-state index in [2.05, 4.69) is 55.3 Å². The minimum atomic E-state index is 0.0534. The summed E-state index contributed by atoms with van der Waals surface area (Å²) in [5.41, 5.74) is 1.82. The van der Waals surface area contributed by atoms with E-state index in [1.807, 2.05) is 10.9 Å². The molecule has 4 heteroatoms. The van der Waals surface area contributed by atoms with Crippen molar-refractivity contribution >= 4 is 28.4 Å². The minimum absolute atomic E-state index is 0.0534. The Bertz CT molecular complexity index is 400. The summed E-state index contributed by atoms with van der Waals surface area (Å²) < 4.78 is 2.09. The highest BCUT2D eigenvalue weighted by Gasteiger charge is 2.25. The van der Waals surface area contributed by atoms with Crippen LogP contribution in [0.3, 0.4) is 0 Å². The maximum Gasteiger partial charge on any atom is 0.193 e. The fourth-order valence-corrected chi connectivity index (χ4v) is 2.26. The van der Waals surface area contributed by atoms with Crippen LogP contribution >= 0.6 is 22.6 Å². The molecule has 0 fully saturated rings. The van der Waals surface area contributed by atoms with Crippen molar-refractivity contribution in [1.29, 1.82) is 0 Å². The van der Waals surface area contributed by atoms with Crippen molar-refractivity contribution in [2.75, 3.05) is 0 Å². The average molecular weight is 362 g/mol. The van der Waals surface area contributed by atoms with Gasteiger partial charge in [0.05, 0.1) is 15.9 Å². The number of hydrogen-bond donors (Lipinski definition) is 0. The minimum Gasteiger partial charge on any atom is -0.328 e. The molecule has 0 N–H and O–H groups in total. The van der Waals surface area contributed by atoms with Crippen LogP contribution in [0.2, 0.25) is 0 Å². The Morgan fingerprint density at radius 1 is 1.39 bits per heavy atom. The van der Waals surface area contributed by atoms with Crippen LogP contribution in [0.15, 0.2) is 6.33 Å². The first-order valence-electron chi connectivity index (χ1n) is 6.79. The number of hydrogen-bond acceptors (Lipinski definition) is 2. The number of rotatable bonds is 7. The lowest BCUT2D eigenvalue weighted by Crippen LogP contribution is -2.20. The van der Waals surface area contributed by atoms with E-state index in [1.165, 1.54) is 0 Å². The number of ketones is 1. The van der Waals surface area contributed by atoms with Gasteiger partial charge in [-0.05, 0) is 19.3 Å². The standard InChI is InChI=1S/C14H23IN2O/c1-5-8-17-9-16-12(10(4)6-2)13(17)14(18)11(15)7-3/h9-11H,5-8H2,1-4H3/t10-,11-/m1/s1. The monoisotopic (exact) mass is 362 g/mol. The normalized spacial score (nSPS) is 14.5. The van der Waals surface area contributed by atoms with Crippen LogP contribution in [0, 0.1) is 0 Å². The van der Waals surface area contributed by atoms with E-state index in [0.717, 1.165) is 37.2 Å². The molecule has 0 bridgehead atoms. The molecule has 0 saturated carbocycles. The fraction of sp³-hybridized carbons (Fsp3) is 0.714. The van der Waals surface area contributed by atoms with Gasteiger partial charge in [-0.3, -0.25) is 4.79 Å². The van der Waals surface area contributed by atoms with Gasteiger partial charge in [-0.15, -0.1) is 0 Å². The van der Waals surface area contributed by atoms with Crippen LogP contribution in [-0.2, 0) is 6.54 Å². The molecule has 0 aliphatic rings. The molecular weight excluding hydrogens is 339 g/mol. The smallest absolute Gasteiger partial charge is 0.193 e. The lowest BCUT2D eigenvalue weighted by Gasteiger charge is -2.13. The zero-order valence-corrected chi connectivity index (χ0v) is 13.9. The third-order valence-electron chi connectivity index (χ3n) is 3.29. The molecule has 0 aliphatic carbocycles. The fourth-order valence-electron chi connectivity index (χ4n) is 1.96. The molecule has 18 heavy (non-hydrogen) atoms. The lowest BCUT2D eigenvalue weighted by molar-refractivity contribution is 0.0982. The third kappa shape index (κ3) is 3.33. The van der Waals surface area contributed by atoms with Gasteiger partial charge < -0.3 is 4.57 Å². The van der Waals surface area contributed by atoms with Crippen LogP contribution < -0.4 is 0 Å². The van der Waals surface area contributed by atoms with Crippen molar-refractivity contribution in [1.82, 2.24) is 9.55 Å². The molecular formula is C14H23IN2O. The number of imidazole rings is 1. The molecule has 0 amide bonds. The van der Waals surface area contributed by atoms with Crippen LogP contribution in [0.4, 0.5) is 0 Å². The van der Waals surface area contributed by atoms with E-state index in [9.17, 15) is 4.79 Å². The van der Waals surface area contributed by atoms with E-state index < -0.39 is 0 Å². The number of Topliss-reactive ketones (excluding diaryl/α,β-unsaturated/α-hetero) is 1. The van der Waals surface area contributed by atoms with Crippen molar-refractivity contribution in [3.05, 3.63) is 17.7 Å². The highest BCUT2D eigenvalue weighted by molar-refractivity contribution is 14.1. The van der Waals surface area contributed by atoms with Crippen molar-refractivity contribution in [2.45, 2.75) is 63.3 Å². The van der Waals surface area contributed by atoms with Gasteiger partial charge in [-0.25, -0.2) is 4.98 Å². The van der Waals surface area contributed by atoms with E-state index in [0.29, 0.717) is 5.92 Å². The number of nitrogens with zero attached hydrogens (tertiary/aromatic N) is 2. The number of aromatic nitrogens is 2. The van der Waals surface area contributed by atoms with Gasteiger partial charge in [0.25, 0.3) is 0 Å². The first-order valence-corrected chi connectivity index (χ1v) is 8.04. The number of carbonyl (C=O) groups excluding carboxylic acids is 1. The average Bonchev–Trinajstić information content (AvgIpc) is 2.80. The van der Waals surface area contributed by atoms with Gasteiger partial charge in [0, 0.05) is 12.5 Å². The Labute approximate surface area is 124 Å². The predicted octanol–water partition coefficient (Wildman–Crippen LogP) is 4.20. The second-order valence-corrected chi connectivity index (χ2v) is 6.22. The van der Waals surface area contributed by atoms with Crippen molar-refractivity contribution in [3.8, 4) is 0 Å². The summed E-state index contributed by atoms with van der Waals surface area (Å²) in [5.74, 6) is 0.585. The number of alkyl halides is 1. The SMILES string of the molecule is CCCn1cnc([C@H](C)CC)c1C(=O)[C@H](I)CC. The number of aryl methyl sites for hydroxylation is 1. The molecule has 1 aromatic heterocycles. The molecule has 1 aromatic rings. The Balaban J connectivity index is 3.18. The zero-order chi connectivity index (χ0) is 13.7. The second kappa shape index (κ2) is 7.26. The second-order valence-electron chi connectivity index (χ2n) is 4.72. The molecule has 1 rings (SSSR count). The highest BCUT2D eigenvalue weighted by Crippen LogP contribution is 2.25. The highest BCUT2D eigenvalue weighted by atomic mass is 127. The molecule has 0 unspecified atom stereocenters. The Morgan fingerprint density at radius 3 is 2.56 bits per heavy atom. The Hall–Kier alpha value is -0.390. The summed E-state index contributed by atoms with van der Waals surface area (Å²) in [7, 11) is 0. The summed E-state index contributed by atoms with van der Waals surface area (Å²) in [6.07, 6.45) is 4.74. The molecule has 0 spiro atoms. The maximum absolute atomic E-state index is 12.5. The summed E-state index contributed by atoms with van der Waals surface area (Å²) in [6, 6.07) is 0. The van der Waals surface area contributed by atoms with E-state index >= 15 is 0 Å². The van der Waals surface area contributed by atoms with E-state index in [-0.39, 0.29) is 9.71 Å². The molecule has 0 aliphatic heterocycles.